The van der Waals surface area contributed by atoms with Crippen molar-refractivity contribution in [1.82, 2.24) is 20.4 Å². The van der Waals surface area contributed by atoms with E-state index >= 15 is 0 Å². The van der Waals surface area contributed by atoms with Gasteiger partial charge in [0.25, 0.3) is 5.56 Å². The number of hydrogen-bond acceptors (Lipinski definition) is 8. The van der Waals surface area contributed by atoms with Crippen LogP contribution in [0.2, 0.25) is 0 Å². The Morgan fingerprint density at radius 3 is 2.68 bits per heavy atom. The molecule has 9 heteroatoms. The van der Waals surface area contributed by atoms with E-state index in [0.29, 0.717) is 43.0 Å². The van der Waals surface area contributed by atoms with Crippen LogP contribution < -0.4 is 10.3 Å². The third kappa shape index (κ3) is 2.80. The highest BCUT2D eigenvalue weighted by molar-refractivity contribution is 7.25. The van der Waals surface area contributed by atoms with Gasteiger partial charge in [-0.05, 0) is 31.5 Å². The normalized spacial score (nSPS) is 11.1. The van der Waals surface area contributed by atoms with Gasteiger partial charge in [0.1, 0.15) is 20.8 Å². The molecule has 8 nitrogen and oxygen atoms in total. The molecule has 0 unspecified atom stereocenters. The van der Waals surface area contributed by atoms with E-state index in [-0.39, 0.29) is 12.2 Å². The van der Waals surface area contributed by atoms with Gasteiger partial charge in [-0.2, -0.15) is 0 Å². The van der Waals surface area contributed by atoms with E-state index in [0.717, 1.165) is 5.56 Å². The number of hydrogen-bond donors (Lipinski definition) is 1. The molecule has 1 aromatic carbocycles. The number of rotatable bonds is 4. The van der Waals surface area contributed by atoms with Crippen molar-refractivity contribution in [2.45, 2.75) is 13.8 Å². The second-order valence-electron chi connectivity index (χ2n) is 6.00. The second kappa shape index (κ2) is 7.01. The Labute approximate surface area is 163 Å². The molecule has 0 spiro atoms. The van der Waals surface area contributed by atoms with E-state index < -0.39 is 5.97 Å². The van der Waals surface area contributed by atoms with Crippen LogP contribution in [0.1, 0.15) is 23.0 Å². The van der Waals surface area contributed by atoms with Crippen LogP contribution in [0.4, 0.5) is 0 Å². The summed E-state index contributed by atoms with van der Waals surface area (Å²) < 4.78 is 10.9. The van der Waals surface area contributed by atoms with Gasteiger partial charge in [-0.3, -0.25) is 4.79 Å². The molecule has 28 heavy (non-hydrogen) atoms. The van der Waals surface area contributed by atoms with Crippen LogP contribution in [-0.4, -0.2) is 40.1 Å². The molecule has 4 rings (SSSR count). The lowest BCUT2D eigenvalue weighted by Gasteiger charge is -2.13. The number of fused-ring (bicyclic) bond motifs is 3. The number of aromatic nitrogens is 4. The van der Waals surface area contributed by atoms with Crippen molar-refractivity contribution < 1.29 is 14.3 Å². The molecule has 0 bridgehead atoms. The first kappa shape index (κ1) is 18.1. The van der Waals surface area contributed by atoms with Crippen molar-refractivity contribution in [2.75, 3.05) is 13.7 Å². The SMILES string of the molecule is CCOC(=O)c1c(C)nc2sc3c(=O)[nH]nnc3c2c1-c1ccc(OC)cc1. The maximum Gasteiger partial charge on any atom is 0.340 e. The summed E-state index contributed by atoms with van der Waals surface area (Å²) in [5, 5.41) is 10.7. The molecule has 0 aliphatic heterocycles. The first-order valence-corrected chi connectivity index (χ1v) is 9.36. The summed E-state index contributed by atoms with van der Waals surface area (Å²) in [5.41, 5.74) is 2.32. The summed E-state index contributed by atoms with van der Waals surface area (Å²) >= 11 is 1.22. The quantitative estimate of drug-likeness (QED) is 0.528. The lowest BCUT2D eigenvalue weighted by molar-refractivity contribution is 0.0526. The van der Waals surface area contributed by atoms with E-state index in [2.05, 4.69) is 20.4 Å². The van der Waals surface area contributed by atoms with Crippen LogP contribution >= 0.6 is 11.3 Å². The highest BCUT2D eigenvalue weighted by Crippen LogP contribution is 2.40. The Kier molecular flexibility index (Phi) is 4.52. The Hall–Kier alpha value is -3.33. The molecule has 0 aliphatic carbocycles. The average molecular weight is 396 g/mol. The lowest BCUT2D eigenvalue weighted by Crippen LogP contribution is -2.11. The Morgan fingerprint density at radius 2 is 2.00 bits per heavy atom. The van der Waals surface area contributed by atoms with E-state index in [1.54, 1.807) is 33.1 Å². The fraction of sp³-hybridized carbons (Fsp3) is 0.211. The summed E-state index contributed by atoms with van der Waals surface area (Å²) in [5.74, 6) is 0.215. The molecule has 3 heterocycles. The van der Waals surface area contributed by atoms with Crippen molar-refractivity contribution in [3.63, 3.8) is 0 Å². The molecule has 142 valence electrons. The van der Waals surface area contributed by atoms with Gasteiger partial charge in [-0.15, -0.1) is 16.4 Å². The number of ether oxygens (including phenoxy) is 2. The first-order chi connectivity index (χ1) is 13.5. The number of thiophene rings is 1. The monoisotopic (exact) mass is 396 g/mol. The van der Waals surface area contributed by atoms with Crippen LogP contribution in [0.25, 0.3) is 31.6 Å². The van der Waals surface area contributed by atoms with Gasteiger partial charge in [0.15, 0.2) is 0 Å². The molecule has 3 aromatic heterocycles. The largest absolute Gasteiger partial charge is 0.497 e. The van der Waals surface area contributed by atoms with Crippen LogP contribution in [0.15, 0.2) is 29.1 Å². The zero-order valence-corrected chi connectivity index (χ0v) is 16.2. The number of methoxy groups -OCH3 is 1. The molecule has 0 radical (unpaired) electrons. The van der Waals surface area contributed by atoms with Gasteiger partial charge in [0.2, 0.25) is 0 Å². The van der Waals surface area contributed by atoms with Gasteiger partial charge in [0, 0.05) is 10.9 Å². The number of nitrogens with zero attached hydrogens (tertiary/aromatic N) is 3. The topological polar surface area (TPSA) is 107 Å². The minimum atomic E-state index is -0.475. The molecule has 0 fully saturated rings. The predicted octanol–water partition coefficient (Wildman–Crippen LogP) is 3.09. The van der Waals surface area contributed by atoms with Crippen molar-refractivity contribution in [1.29, 1.82) is 0 Å². The van der Waals surface area contributed by atoms with Gasteiger partial charge >= 0.3 is 5.97 Å². The number of aryl methyl sites for hydroxylation is 1. The van der Waals surface area contributed by atoms with Crippen LogP contribution in [0, 0.1) is 6.92 Å². The fourth-order valence-electron chi connectivity index (χ4n) is 3.15. The van der Waals surface area contributed by atoms with Crippen molar-refractivity contribution in [3.05, 3.63) is 45.9 Å². The number of nitrogens with one attached hydrogen (secondary N) is 1. The van der Waals surface area contributed by atoms with Crippen LogP contribution in [-0.2, 0) is 4.74 Å². The number of esters is 1. The number of benzene rings is 1. The number of H-pyrrole nitrogens is 1. The Bertz CT molecular complexity index is 1260. The Morgan fingerprint density at radius 1 is 1.25 bits per heavy atom. The molecule has 0 amide bonds. The zero-order valence-electron chi connectivity index (χ0n) is 15.4. The second-order valence-corrected chi connectivity index (χ2v) is 7.00. The van der Waals surface area contributed by atoms with Gasteiger partial charge in [-0.25, -0.2) is 14.9 Å². The third-order valence-electron chi connectivity index (χ3n) is 4.36. The number of carbonyl (C=O) groups excluding carboxylic acids is 1. The highest BCUT2D eigenvalue weighted by Gasteiger charge is 2.25. The van der Waals surface area contributed by atoms with Crippen LogP contribution in [0.3, 0.4) is 0 Å². The van der Waals surface area contributed by atoms with E-state index in [4.69, 9.17) is 9.47 Å². The first-order valence-electron chi connectivity index (χ1n) is 8.54. The molecule has 0 atom stereocenters. The third-order valence-corrected chi connectivity index (χ3v) is 5.43. The molecular formula is C19H16N4O4S. The smallest absolute Gasteiger partial charge is 0.340 e. The molecule has 1 N–H and O–H groups in total. The fourth-order valence-corrected chi connectivity index (χ4v) is 4.20. The van der Waals surface area contributed by atoms with Crippen molar-refractivity contribution >= 4 is 37.7 Å². The standard InChI is InChI=1S/C19H16N4O4S/c1-4-27-19(25)12-9(2)20-18-14(15-16(28-18)17(24)22-23-21-15)13(12)10-5-7-11(26-3)8-6-10/h5-8H,4H2,1-3H3,(H,21,22,24). The summed E-state index contributed by atoms with van der Waals surface area (Å²) in [6, 6.07) is 7.30. The van der Waals surface area contributed by atoms with Crippen LogP contribution in [0.5, 0.6) is 5.75 Å². The molecule has 4 aromatic rings. The van der Waals surface area contributed by atoms with Crippen molar-refractivity contribution in [3.8, 4) is 16.9 Å². The maximum absolute atomic E-state index is 12.8. The predicted molar refractivity (Wildman–Crippen MR) is 106 cm³/mol. The van der Waals surface area contributed by atoms with Gasteiger partial charge in [0.05, 0.1) is 25.0 Å². The molecule has 0 saturated heterocycles. The van der Waals surface area contributed by atoms with E-state index in [1.807, 2.05) is 12.1 Å². The average Bonchev–Trinajstić information content (AvgIpc) is 3.06. The minimum absolute atomic E-state index is 0.238. The summed E-state index contributed by atoms with van der Waals surface area (Å²) in [6.45, 7) is 3.73. The molecular weight excluding hydrogens is 380 g/mol. The minimum Gasteiger partial charge on any atom is -0.497 e. The Balaban J connectivity index is 2.16. The van der Waals surface area contributed by atoms with Gasteiger partial charge in [-0.1, -0.05) is 17.3 Å². The van der Waals surface area contributed by atoms with E-state index in [1.165, 1.54) is 11.3 Å². The summed E-state index contributed by atoms with van der Waals surface area (Å²) in [6.07, 6.45) is 0. The van der Waals surface area contributed by atoms with E-state index in [9.17, 15) is 9.59 Å². The summed E-state index contributed by atoms with van der Waals surface area (Å²) in [7, 11) is 1.59. The molecule has 0 aliphatic rings. The zero-order chi connectivity index (χ0) is 19.8. The lowest BCUT2D eigenvalue weighted by atomic mass is 9.95. The van der Waals surface area contributed by atoms with Crippen molar-refractivity contribution in [2.24, 2.45) is 0 Å². The highest BCUT2D eigenvalue weighted by atomic mass is 32.1. The number of carbonyl (C=O) groups is 1. The molecule has 0 saturated carbocycles. The number of aromatic amines is 1. The number of pyridine rings is 1. The van der Waals surface area contributed by atoms with Gasteiger partial charge < -0.3 is 9.47 Å². The summed E-state index contributed by atoms with van der Waals surface area (Å²) in [4.78, 5) is 30.1. The maximum atomic E-state index is 12.8.